The number of hydrogen-bond acceptors (Lipinski definition) is 3. The molecule has 0 saturated heterocycles. The maximum atomic E-state index is 13.3. The van der Waals surface area contributed by atoms with Crippen molar-refractivity contribution >= 4 is 17.5 Å². The first kappa shape index (κ1) is 18.6. The van der Waals surface area contributed by atoms with E-state index in [1.54, 1.807) is 37.4 Å². The van der Waals surface area contributed by atoms with Gasteiger partial charge in [-0.2, -0.15) is 0 Å². The highest BCUT2D eigenvalue weighted by Gasteiger charge is 2.11. The van der Waals surface area contributed by atoms with E-state index in [0.29, 0.717) is 24.3 Å². The normalized spacial score (nSPS) is 10.6. The van der Waals surface area contributed by atoms with E-state index in [2.05, 4.69) is 10.6 Å². The predicted octanol–water partition coefficient (Wildman–Crippen LogP) is 2.65. The molecule has 5 nitrogen and oxygen atoms in total. The van der Waals surface area contributed by atoms with Gasteiger partial charge in [-0.15, -0.1) is 0 Å². The zero-order chi connectivity index (χ0) is 18.2. The number of rotatable bonds is 7. The standard InChI is InChI=1S/C19H22FN3O2/c1-3-23(12-14-5-4-6-16(20)11-14)13-18(24)22-17-9-7-15(8-10-17)19(25)21-2/h4-11H,3,12-13H2,1-2H3,(H,21,25)(H,22,24). The Morgan fingerprint density at radius 2 is 1.84 bits per heavy atom. The number of hydrogen-bond donors (Lipinski definition) is 2. The van der Waals surface area contributed by atoms with Crippen LogP contribution in [-0.2, 0) is 11.3 Å². The number of carbonyl (C=O) groups excluding carboxylic acids is 2. The first-order valence-corrected chi connectivity index (χ1v) is 8.10. The second kappa shape index (κ2) is 8.94. The van der Waals surface area contributed by atoms with Crippen LogP contribution in [0, 0.1) is 5.82 Å². The maximum Gasteiger partial charge on any atom is 0.251 e. The van der Waals surface area contributed by atoms with E-state index < -0.39 is 0 Å². The number of carbonyl (C=O) groups is 2. The number of anilines is 1. The molecule has 0 atom stereocenters. The molecule has 0 aromatic heterocycles. The Kier molecular flexibility index (Phi) is 6.65. The van der Waals surface area contributed by atoms with Gasteiger partial charge >= 0.3 is 0 Å². The first-order valence-electron chi connectivity index (χ1n) is 8.10. The maximum absolute atomic E-state index is 13.3. The van der Waals surface area contributed by atoms with Crippen molar-refractivity contribution in [1.82, 2.24) is 10.2 Å². The lowest BCUT2D eigenvalue weighted by Crippen LogP contribution is -2.32. The lowest BCUT2D eigenvalue weighted by Gasteiger charge is -2.20. The van der Waals surface area contributed by atoms with E-state index in [1.807, 2.05) is 17.9 Å². The summed E-state index contributed by atoms with van der Waals surface area (Å²) in [6.45, 7) is 3.31. The van der Waals surface area contributed by atoms with Gasteiger partial charge in [-0.3, -0.25) is 14.5 Å². The smallest absolute Gasteiger partial charge is 0.251 e. The van der Waals surface area contributed by atoms with Crippen molar-refractivity contribution in [2.45, 2.75) is 13.5 Å². The van der Waals surface area contributed by atoms with Crippen molar-refractivity contribution in [3.05, 3.63) is 65.5 Å². The second-order valence-electron chi connectivity index (χ2n) is 5.64. The van der Waals surface area contributed by atoms with Crippen LogP contribution in [0.4, 0.5) is 10.1 Å². The van der Waals surface area contributed by atoms with Crippen LogP contribution >= 0.6 is 0 Å². The number of likely N-dealkylation sites (N-methyl/N-ethyl adjacent to an activating group) is 1. The average Bonchev–Trinajstić information content (AvgIpc) is 2.61. The summed E-state index contributed by atoms with van der Waals surface area (Å²) in [5, 5.41) is 5.34. The van der Waals surface area contributed by atoms with E-state index in [0.717, 1.165) is 5.56 Å². The van der Waals surface area contributed by atoms with Gasteiger partial charge in [0, 0.05) is 24.8 Å². The Morgan fingerprint density at radius 1 is 1.12 bits per heavy atom. The van der Waals surface area contributed by atoms with Gasteiger partial charge in [0.05, 0.1) is 6.54 Å². The number of halogens is 1. The van der Waals surface area contributed by atoms with Crippen LogP contribution in [0.3, 0.4) is 0 Å². The molecule has 2 rings (SSSR count). The topological polar surface area (TPSA) is 61.4 Å². The second-order valence-corrected chi connectivity index (χ2v) is 5.64. The van der Waals surface area contributed by atoms with Gasteiger partial charge in [0.1, 0.15) is 5.82 Å². The Labute approximate surface area is 146 Å². The summed E-state index contributed by atoms with van der Waals surface area (Å²) in [5.74, 6) is -0.620. The van der Waals surface area contributed by atoms with Gasteiger partial charge in [0.25, 0.3) is 5.91 Å². The molecule has 0 saturated carbocycles. The average molecular weight is 343 g/mol. The van der Waals surface area contributed by atoms with Crippen molar-refractivity contribution in [2.75, 3.05) is 25.5 Å². The molecule has 2 N–H and O–H groups in total. The zero-order valence-electron chi connectivity index (χ0n) is 14.4. The zero-order valence-corrected chi connectivity index (χ0v) is 14.4. The van der Waals surface area contributed by atoms with Gasteiger partial charge in [-0.05, 0) is 48.5 Å². The molecule has 0 unspecified atom stereocenters. The lowest BCUT2D eigenvalue weighted by molar-refractivity contribution is -0.117. The molecule has 0 spiro atoms. The predicted molar refractivity (Wildman–Crippen MR) is 95.8 cm³/mol. The molecule has 2 aromatic carbocycles. The molecule has 6 heteroatoms. The minimum absolute atomic E-state index is 0.161. The molecule has 0 aliphatic rings. The first-order chi connectivity index (χ1) is 12.0. The summed E-state index contributed by atoms with van der Waals surface area (Å²) in [4.78, 5) is 25.6. The monoisotopic (exact) mass is 343 g/mol. The molecular weight excluding hydrogens is 321 g/mol. The molecule has 2 aromatic rings. The molecule has 0 aliphatic heterocycles. The Hall–Kier alpha value is -2.73. The van der Waals surface area contributed by atoms with E-state index in [9.17, 15) is 14.0 Å². The van der Waals surface area contributed by atoms with Crippen LogP contribution in [0.2, 0.25) is 0 Å². The molecule has 132 valence electrons. The molecular formula is C19H22FN3O2. The van der Waals surface area contributed by atoms with Crippen LogP contribution in [0.1, 0.15) is 22.8 Å². The molecule has 0 fully saturated rings. The largest absolute Gasteiger partial charge is 0.355 e. The van der Waals surface area contributed by atoms with E-state index in [1.165, 1.54) is 12.1 Å². The summed E-state index contributed by atoms with van der Waals surface area (Å²) < 4.78 is 13.3. The van der Waals surface area contributed by atoms with Gasteiger partial charge in [-0.25, -0.2) is 4.39 Å². The minimum atomic E-state index is -0.283. The summed E-state index contributed by atoms with van der Waals surface area (Å²) in [6, 6.07) is 13.0. The highest BCUT2D eigenvalue weighted by atomic mass is 19.1. The third-order valence-corrected chi connectivity index (χ3v) is 3.77. The third-order valence-electron chi connectivity index (χ3n) is 3.77. The molecule has 0 radical (unpaired) electrons. The van der Waals surface area contributed by atoms with Crippen molar-refractivity contribution in [2.24, 2.45) is 0 Å². The van der Waals surface area contributed by atoms with Crippen LogP contribution < -0.4 is 10.6 Å². The van der Waals surface area contributed by atoms with E-state index in [4.69, 9.17) is 0 Å². The lowest BCUT2D eigenvalue weighted by atomic mass is 10.2. The Morgan fingerprint density at radius 3 is 2.44 bits per heavy atom. The molecule has 0 heterocycles. The van der Waals surface area contributed by atoms with E-state index in [-0.39, 0.29) is 24.2 Å². The van der Waals surface area contributed by atoms with Gasteiger partial charge < -0.3 is 10.6 Å². The number of benzene rings is 2. The summed E-state index contributed by atoms with van der Waals surface area (Å²) >= 11 is 0. The SMILES string of the molecule is CCN(CC(=O)Nc1ccc(C(=O)NC)cc1)Cc1cccc(F)c1. The highest BCUT2D eigenvalue weighted by molar-refractivity contribution is 5.96. The van der Waals surface area contributed by atoms with Crippen LogP contribution in [-0.4, -0.2) is 36.9 Å². The fourth-order valence-corrected chi connectivity index (χ4v) is 2.43. The van der Waals surface area contributed by atoms with Gasteiger partial charge in [0.2, 0.25) is 5.91 Å². The number of amides is 2. The minimum Gasteiger partial charge on any atom is -0.355 e. The van der Waals surface area contributed by atoms with Crippen molar-refractivity contribution in [1.29, 1.82) is 0 Å². The molecule has 25 heavy (non-hydrogen) atoms. The van der Waals surface area contributed by atoms with Crippen LogP contribution in [0.15, 0.2) is 48.5 Å². The molecule has 2 amide bonds. The molecule has 0 bridgehead atoms. The summed E-state index contributed by atoms with van der Waals surface area (Å²) in [6.07, 6.45) is 0. The van der Waals surface area contributed by atoms with Crippen molar-refractivity contribution < 1.29 is 14.0 Å². The van der Waals surface area contributed by atoms with Crippen LogP contribution in [0.5, 0.6) is 0 Å². The van der Waals surface area contributed by atoms with Crippen LogP contribution in [0.25, 0.3) is 0 Å². The Balaban J connectivity index is 1.92. The van der Waals surface area contributed by atoms with Crippen molar-refractivity contribution in [3.8, 4) is 0 Å². The van der Waals surface area contributed by atoms with Gasteiger partial charge in [-0.1, -0.05) is 19.1 Å². The highest BCUT2D eigenvalue weighted by Crippen LogP contribution is 2.11. The fraction of sp³-hybridized carbons (Fsp3) is 0.263. The summed E-state index contributed by atoms with van der Waals surface area (Å²) in [7, 11) is 1.57. The quantitative estimate of drug-likeness (QED) is 0.812. The summed E-state index contributed by atoms with van der Waals surface area (Å²) in [5.41, 5.74) is 1.98. The number of nitrogens with one attached hydrogen (secondary N) is 2. The fourth-order valence-electron chi connectivity index (χ4n) is 2.43. The number of nitrogens with zero attached hydrogens (tertiary/aromatic N) is 1. The Bertz CT molecular complexity index is 732. The van der Waals surface area contributed by atoms with Gasteiger partial charge in [0.15, 0.2) is 0 Å². The van der Waals surface area contributed by atoms with Crippen molar-refractivity contribution in [3.63, 3.8) is 0 Å². The molecule has 0 aliphatic carbocycles. The van der Waals surface area contributed by atoms with E-state index >= 15 is 0 Å². The third kappa shape index (κ3) is 5.69.